The maximum absolute atomic E-state index is 12.3. The molecule has 0 bridgehead atoms. The molecule has 0 unspecified atom stereocenters. The van der Waals surface area contributed by atoms with Crippen LogP contribution in [0.2, 0.25) is 5.02 Å². The van der Waals surface area contributed by atoms with Crippen molar-refractivity contribution in [3.8, 4) is 17.6 Å². The van der Waals surface area contributed by atoms with Gasteiger partial charge in [-0.15, -0.1) is 0 Å². The summed E-state index contributed by atoms with van der Waals surface area (Å²) < 4.78 is 11.5. The molecule has 4 rings (SSSR count). The van der Waals surface area contributed by atoms with E-state index in [0.717, 1.165) is 16.3 Å². The van der Waals surface area contributed by atoms with E-state index in [1.165, 1.54) is 0 Å². The topological polar surface area (TPSA) is 71.3 Å². The minimum absolute atomic E-state index is 0.232. The lowest BCUT2D eigenvalue weighted by molar-refractivity contribution is -0.118. The number of nitriles is 1. The predicted molar refractivity (Wildman–Crippen MR) is 141 cm³/mol. The Bertz CT molecular complexity index is 1430. The molecule has 0 fully saturated rings. The van der Waals surface area contributed by atoms with E-state index in [9.17, 15) is 10.1 Å². The molecule has 1 amide bonds. The molecule has 1 N–H and O–H groups in total. The molecule has 5 nitrogen and oxygen atoms in total. The van der Waals surface area contributed by atoms with Crippen molar-refractivity contribution in [1.82, 2.24) is 0 Å². The predicted octanol–water partition coefficient (Wildman–Crippen LogP) is 6.97. The number of nitrogens with one attached hydrogen (secondary N) is 1. The van der Waals surface area contributed by atoms with Crippen LogP contribution in [0.15, 0.2) is 84.9 Å². The standard InChI is InChI=1S/C29H23ClN2O3/c1-2-34-27-16-20(14-24(18-31)23-13-12-21-8-6-7-9-22(21)17-23)15-26(30)29(27)35-19-28(33)32-25-10-4-3-5-11-25/h3-17H,2,19H2,1H3,(H,32,33). The number of fused-ring (bicyclic) bond motifs is 1. The fourth-order valence-corrected chi connectivity index (χ4v) is 3.91. The Kier molecular flexibility index (Phi) is 7.67. The fraction of sp³-hybridized carbons (Fsp3) is 0.103. The summed E-state index contributed by atoms with van der Waals surface area (Å²) in [5.74, 6) is 0.356. The highest BCUT2D eigenvalue weighted by Crippen LogP contribution is 2.38. The normalized spacial score (nSPS) is 11.1. The van der Waals surface area contributed by atoms with Crippen molar-refractivity contribution < 1.29 is 14.3 Å². The van der Waals surface area contributed by atoms with Gasteiger partial charge in [-0.25, -0.2) is 0 Å². The minimum Gasteiger partial charge on any atom is -0.490 e. The van der Waals surface area contributed by atoms with Gasteiger partial charge in [-0.3, -0.25) is 4.79 Å². The van der Waals surface area contributed by atoms with Gasteiger partial charge in [-0.05, 0) is 65.2 Å². The Balaban J connectivity index is 1.58. The van der Waals surface area contributed by atoms with Crippen LogP contribution in [-0.2, 0) is 4.79 Å². The molecule has 0 saturated heterocycles. The summed E-state index contributed by atoms with van der Waals surface area (Å²) >= 11 is 6.52. The van der Waals surface area contributed by atoms with Crippen molar-refractivity contribution in [1.29, 1.82) is 5.26 Å². The lowest BCUT2D eigenvalue weighted by atomic mass is 10.00. The van der Waals surface area contributed by atoms with Gasteiger partial charge in [-0.2, -0.15) is 5.26 Å². The van der Waals surface area contributed by atoms with Gasteiger partial charge >= 0.3 is 0 Å². The maximum atomic E-state index is 12.3. The number of nitrogens with zero attached hydrogens (tertiary/aromatic N) is 1. The number of allylic oxidation sites excluding steroid dienone is 1. The van der Waals surface area contributed by atoms with E-state index in [4.69, 9.17) is 21.1 Å². The second kappa shape index (κ2) is 11.2. The molecule has 0 aliphatic heterocycles. The quantitative estimate of drug-likeness (QED) is 0.217. The molecule has 4 aromatic rings. The van der Waals surface area contributed by atoms with Gasteiger partial charge in [0.1, 0.15) is 0 Å². The molecular formula is C29H23ClN2O3. The number of halogens is 1. The number of rotatable bonds is 8. The highest BCUT2D eigenvalue weighted by atomic mass is 35.5. The first kappa shape index (κ1) is 23.9. The summed E-state index contributed by atoms with van der Waals surface area (Å²) in [5.41, 5.74) is 2.66. The van der Waals surface area contributed by atoms with Crippen molar-refractivity contribution in [3.63, 3.8) is 0 Å². The van der Waals surface area contributed by atoms with E-state index in [1.807, 2.05) is 67.6 Å². The first-order valence-electron chi connectivity index (χ1n) is 11.1. The second-order valence-corrected chi connectivity index (χ2v) is 8.10. The molecule has 0 heterocycles. The molecule has 0 atom stereocenters. The lowest BCUT2D eigenvalue weighted by Crippen LogP contribution is -2.20. The van der Waals surface area contributed by atoms with Crippen molar-refractivity contribution in [3.05, 3.63) is 101 Å². The summed E-state index contributed by atoms with van der Waals surface area (Å²) in [6.07, 6.45) is 1.75. The first-order valence-corrected chi connectivity index (χ1v) is 11.5. The Morgan fingerprint density at radius 3 is 2.46 bits per heavy atom. The third kappa shape index (κ3) is 6.00. The molecule has 0 aromatic heterocycles. The Morgan fingerprint density at radius 2 is 1.71 bits per heavy atom. The molecule has 0 aliphatic carbocycles. The highest BCUT2D eigenvalue weighted by Gasteiger charge is 2.15. The monoisotopic (exact) mass is 482 g/mol. The number of carbonyl (C=O) groups excluding carboxylic acids is 1. The van der Waals surface area contributed by atoms with E-state index in [1.54, 1.807) is 30.3 Å². The van der Waals surface area contributed by atoms with Crippen LogP contribution in [0.5, 0.6) is 11.5 Å². The molecule has 35 heavy (non-hydrogen) atoms. The first-order chi connectivity index (χ1) is 17.1. The van der Waals surface area contributed by atoms with E-state index in [0.29, 0.717) is 29.2 Å². The molecule has 0 aliphatic rings. The number of para-hydroxylation sites is 1. The summed E-state index contributed by atoms with van der Waals surface area (Å²) in [6.45, 7) is 1.99. The summed E-state index contributed by atoms with van der Waals surface area (Å²) in [7, 11) is 0. The zero-order valence-electron chi connectivity index (χ0n) is 19.1. The van der Waals surface area contributed by atoms with Crippen LogP contribution in [-0.4, -0.2) is 19.1 Å². The number of carbonyl (C=O) groups is 1. The molecule has 4 aromatic carbocycles. The Hall–Kier alpha value is -4.27. The smallest absolute Gasteiger partial charge is 0.262 e. The van der Waals surface area contributed by atoms with Crippen molar-refractivity contribution >= 4 is 45.6 Å². The lowest BCUT2D eigenvalue weighted by Gasteiger charge is -2.15. The molecule has 174 valence electrons. The van der Waals surface area contributed by atoms with Crippen molar-refractivity contribution in [2.45, 2.75) is 6.92 Å². The van der Waals surface area contributed by atoms with E-state index < -0.39 is 0 Å². The summed E-state index contributed by atoms with van der Waals surface area (Å²) in [6, 6.07) is 28.7. The summed E-state index contributed by atoms with van der Waals surface area (Å²) in [4.78, 5) is 12.3. The number of amides is 1. The maximum Gasteiger partial charge on any atom is 0.262 e. The van der Waals surface area contributed by atoms with Gasteiger partial charge in [-0.1, -0.05) is 66.2 Å². The van der Waals surface area contributed by atoms with Crippen LogP contribution >= 0.6 is 11.6 Å². The average Bonchev–Trinajstić information content (AvgIpc) is 2.87. The van der Waals surface area contributed by atoms with E-state index >= 15 is 0 Å². The Morgan fingerprint density at radius 1 is 0.971 bits per heavy atom. The van der Waals surface area contributed by atoms with E-state index in [2.05, 4.69) is 11.4 Å². The number of hydrogen-bond acceptors (Lipinski definition) is 4. The second-order valence-electron chi connectivity index (χ2n) is 7.70. The van der Waals surface area contributed by atoms with Crippen LogP contribution < -0.4 is 14.8 Å². The van der Waals surface area contributed by atoms with Gasteiger partial charge in [0.25, 0.3) is 5.91 Å². The highest BCUT2D eigenvalue weighted by molar-refractivity contribution is 6.32. The number of hydrogen-bond donors (Lipinski definition) is 1. The third-order valence-corrected chi connectivity index (χ3v) is 5.51. The SMILES string of the molecule is CCOc1cc(C=C(C#N)c2ccc3ccccc3c2)cc(Cl)c1OCC(=O)Nc1ccccc1. The zero-order valence-corrected chi connectivity index (χ0v) is 19.9. The third-order valence-electron chi connectivity index (χ3n) is 5.23. The number of anilines is 1. The van der Waals surface area contributed by atoms with Gasteiger partial charge in [0.05, 0.1) is 23.3 Å². The largest absolute Gasteiger partial charge is 0.490 e. The van der Waals surface area contributed by atoms with Crippen LogP contribution in [0.25, 0.3) is 22.4 Å². The zero-order chi connectivity index (χ0) is 24.6. The van der Waals surface area contributed by atoms with Crippen LogP contribution in [0.4, 0.5) is 5.69 Å². The minimum atomic E-state index is -0.318. The summed E-state index contributed by atoms with van der Waals surface area (Å²) in [5, 5.41) is 15.0. The average molecular weight is 483 g/mol. The van der Waals surface area contributed by atoms with Gasteiger partial charge in [0, 0.05) is 5.69 Å². The van der Waals surface area contributed by atoms with Crippen LogP contribution in [0, 0.1) is 11.3 Å². The molecule has 0 radical (unpaired) electrons. The Labute approximate surface area is 209 Å². The van der Waals surface area contributed by atoms with Crippen molar-refractivity contribution in [2.24, 2.45) is 0 Å². The van der Waals surface area contributed by atoms with Gasteiger partial charge < -0.3 is 14.8 Å². The molecule has 0 spiro atoms. The van der Waals surface area contributed by atoms with Crippen molar-refractivity contribution in [2.75, 3.05) is 18.5 Å². The van der Waals surface area contributed by atoms with Gasteiger partial charge in [0.15, 0.2) is 18.1 Å². The van der Waals surface area contributed by atoms with Crippen LogP contribution in [0.3, 0.4) is 0 Å². The fourth-order valence-electron chi connectivity index (χ4n) is 3.63. The molecule has 6 heteroatoms. The number of benzene rings is 4. The van der Waals surface area contributed by atoms with Crippen LogP contribution in [0.1, 0.15) is 18.1 Å². The molecular weight excluding hydrogens is 460 g/mol. The van der Waals surface area contributed by atoms with E-state index in [-0.39, 0.29) is 23.3 Å². The van der Waals surface area contributed by atoms with Gasteiger partial charge in [0.2, 0.25) is 0 Å². The molecule has 0 saturated carbocycles. The number of ether oxygens (including phenoxy) is 2.